The highest BCUT2D eigenvalue weighted by Crippen LogP contribution is 2.60. The van der Waals surface area contributed by atoms with Crippen LogP contribution in [0.5, 0.6) is 5.75 Å². The number of anilines is 1. The quantitative estimate of drug-likeness (QED) is 0.434. The number of carbonyl (C=O) groups is 2. The first-order valence-corrected chi connectivity index (χ1v) is 13.7. The van der Waals surface area contributed by atoms with E-state index in [0.29, 0.717) is 57.3 Å². The molecular formula is C27H28ClN5O4S. The fourth-order valence-corrected chi connectivity index (χ4v) is 7.13. The van der Waals surface area contributed by atoms with Gasteiger partial charge in [0.2, 0.25) is 5.91 Å². The number of amides is 2. The van der Waals surface area contributed by atoms with E-state index in [4.69, 9.17) is 21.1 Å². The van der Waals surface area contributed by atoms with E-state index in [0.717, 1.165) is 41.9 Å². The number of fused-ring (bicyclic) bond motifs is 1. The second-order valence-corrected chi connectivity index (χ2v) is 12.0. The summed E-state index contributed by atoms with van der Waals surface area (Å²) in [6, 6.07) is 3.48. The van der Waals surface area contributed by atoms with Gasteiger partial charge in [-0.05, 0) is 50.2 Å². The summed E-state index contributed by atoms with van der Waals surface area (Å²) in [5.41, 5.74) is 3.58. The number of pyridine rings is 2. The Bertz CT molecular complexity index is 1410. The first-order chi connectivity index (χ1) is 18.3. The number of halogens is 1. The molecule has 6 rings (SSSR count). The number of nitrogens with zero attached hydrogens (tertiary/aromatic N) is 4. The molecule has 9 nitrogen and oxygen atoms in total. The molecule has 0 unspecified atom stereocenters. The van der Waals surface area contributed by atoms with Crippen molar-refractivity contribution in [3.05, 3.63) is 51.5 Å². The van der Waals surface area contributed by atoms with E-state index in [9.17, 15) is 9.59 Å². The van der Waals surface area contributed by atoms with E-state index in [1.54, 1.807) is 20.3 Å². The number of ether oxygens (including phenoxy) is 2. The summed E-state index contributed by atoms with van der Waals surface area (Å²) in [7, 11) is 3.30. The predicted octanol–water partition coefficient (Wildman–Crippen LogP) is 4.87. The molecule has 3 aromatic rings. The summed E-state index contributed by atoms with van der Waals surface area (Å²) >= 11 is 7.55. The molecule has 2 amide bonds. The monoisotopic (exact) mass is 553 g/mol. The van der Waals surface area contributed by atoms with E-state index < -0.39 is 0 Å². The maximum Gasteiger partial charge on any atom is 0.259 e. The Hall–Kier alpha value is -3.08. The average molecular weight is 554 g/mol. The molecule has 2 aliphatic carbocycles. The summed E-state index contributed by atoms with van der Waals surface area (Å²) < 4.78 is 10.9. The van der Waals surface area contributed by atoms with Gasteiger partial charge in [0.05, 0.1) is 48.6 Å². The number of aryl methyl sites for hydroxylation is 1. The van der Waals surface area contributed by atoms with E-state index >= 15 is 0 Å². The minimum Gasteiger partial charge on any atom is -0.494 e. The van der Waals surface area contributed by atoms with Crippen molar-refractivity contribution >= 4 is 39.9 Å². The van der Waals surface area contributed by atoms with Gasteiger partial charge in [0.15, 0.2) is 5.13 Å². The highest BCUT2D eigenvalue weighted by Gasteiger charge is 2.55. The van der Waals surface area contributed by atoms with Crippen LogP contribution in [-0.2, 0) is 22.6 Å². The predicted molar refractivity (Wildman–Crippen MR) is 143 cm³/mol. The Labute approximate surface area is 229 Å². The summed E-state index contributed by atoms with van der Waals surface area (Å²) in [5.74, 6) is 0.484. The molecular weight excluding hydrogens is 526 g/mol. The summed E-state index contributed by atoms with van der Waals surface area (Å²) in [6.45, 7) is 2.87. The van der Waals surface area contributed by atoms with Crippen molar-refractivity contribution in [3.63, 3.8) is 0 Å². The lowest BCUT2D eigenvalue weighted by atomic mass is 9.50. The van der Waals surface area contributed by atoms with Gasteiger partial charge in [0.1, 0.15) is 10.9 Å². The minimum atomic E-state index is -0.336. The summed E-state index contributed by atoms with van der Waals surface area (Å²) in [4.78, 5) is 42.3. The third-order valence-corrected chi connectivity index (χ3v) is 9.18. The fourth-order valence-electron chi connectivity index (χ4n) is 5.99. The second kappa shape index (κ2) is 9.59. The molecule has 4 heterocycles. The first-order valence-electron chi connectivity index (χ1n) is 12.6. The normalized spacial score (nSPS) is 23.5. The molecule has 3 aliphatic rings. The highest BCUT2D eigenvalue weighted by molar-refractivity contribution is 7.16. The maximum atomic E-state index is 13.3. The van der Waals surface area contributed by atoms with Crippen LogP contribution in [0.25, 0.3) is 11.1 Å². The SMILES string of the molecule is COc1cnc(Cl)cc1-c1cc(C)ncc1C(=O)Nc1nc2c(s1)CN(C(=O)C1CC3(CC(OC)C3)C1)C2. The molecule has 0 aromatic carbocycles. The number of carbonyl (C=O) groups excluding carboxylic acids is 2. The number of nitrogens with one attached hydrogen (secondary N) is 1. The van der Waals surface area contributed by atoms with Gasteiger partial charge in [-0.25, -0.2) is 9.97 Å². The van der Waals surface area contributed by atoms with Crippen molar-refractivity contribution in [2.75, 3.05) is 19.5 Å². The van der Waals surface area contributed by atoms with Crippen LogP contribution in [-0.4, -0.2) is 52.0 Å². The van der Waals surface area contributed by atoms with Crippen molar-refractivity contribution in [2.45, 2.75) is 51.8 Å². The largest absolute Gasteiger partial charge is 0.494 e. The summed E-state index contributed by atoms with van der Waals surface area (Å²) in [5, 5.41) is 3.71. The number of rotatable bonds is 6. The molecule has 1 spiro atoms. The number of aromatic nitrogens is 3. The molecule has 0 bridgehead atoms. The Balaban J connectivity index is 1.13. The van der Waals surface area contributed by atoms with E-state index in [2.05, 4.69) is 20.3 Å². The van der Waals surface area contributed by atoms with Gasteiger partial charge in [-0.3, -0.25) is 19.9 Å². The van der Waals surface area contributed by atoms with Crippen LogP contribution in [0, 0.1) is 18.3 Å². The molecule has 3 aromatic heterocycles. The van der Waals surface area contributed by atoms with E-state index in [-0.39, 0.29) is 17.7 Å². The van der Waals surface area contributed by atoms with Gasteiger partial charge in [0, 0.05) is 36.0 Å². The van der Waals surface area contributed by atoms with Crippen LogP contribution in [0.4, 0.5) is 5.13 Å². The zero-order chi connectivity index (χ0) is 26.6. The lowest BCUT2D eigenvalue weighted by Crippen LogP contribution is -2.54. The van der Waals surface area contributed by atoms with E-state index in [1.807, 2.05) is 17.9 Å². The molecule has 0 saturated heterocycles. The van der Waals surface area contributed by atoms with Gasteiger partial charge in [-0.1, -0.05) is 22.9 Å². The average Bonchev–Trinajstić information content (AvgIpc) is 3.41. The van der Waals surface area contributed by atoms with Gasteiger partial charge in [0.25, 0.3) is 5.91 Å². The summed E-state index contributed by atoms with van der Waals surface area (Å²) in [6.07, 6.45) is 7.50. The van der Waals surface area contributed by atoms with Crippen molar-refractivity contribution in [3.8, 4) is 16.9 Å². The standard InChI is InChI=1S/C27H28ClN5O4S/c1-14-4-17(18-5-23(28)30-11-21(18)37-3)19(10-29-14)24(34)32-26-31-20-12-33(13-22(20)38-26)25(35)15-6-27(7-15)8-16(9-27)36-2/h4-5,10-11,15-16H,6-9,12-13H2,1-3H3,(H,31,32,34). The molecule has 1 aliphatic heterocycles. The zero-order valence-corrected chi connectivity index (χ0v) is 23.0. The number of hydrogen-bond acceptors (Lipinski definition) is 8. The molecule has 198 valence electrons. The van der Waals surface area contributed by atoms with Crippen LogP contribution in [0.2, 0.25) is 5.15 Å². The third-order valence-electron chi connectivity index (χ3n) is 7.98. The molecule has 2 saturated carbocycles. The van der Waals surface area contributed by atoms with Crippen molar-refractivity contribution < 1.29 is 19.1 Å². The van der Waals surface area contributed by atoms with Crippen LogP contribution in [0.3, 0.4) is 0 Å². The van der Waals surface area contributed by atoms with Gasteiger partial charge < -0.3 is 14.4 Å². The Morgan fingerprint density at radius 3 is 2.61 bits per heavy atom. The Morgan fingerprint density at radius 1 is 1.11 bits per heavy atom. The lowest BCUT2D eigenvalue weighted by Gasteiger charge is -2.57. The smallest absolute Gasteiger partial charge is 0.259 e. The van der Waals surface area contributed by atoms with Crippen molar-refractivity contribution in [1.82, 2.24) is 19.9 Å². The number of methoxy groups -OCH3 is 2. The zero-order valence-electron chi connectivity index (χ0n) is 21.4. The minimum absolute atomic E-state index is 0.104. The van der Waals surface area contributed by atoms with Gasteiger partial charge in [-0.2, -0.15) is 0 Å². The van der Waals surface area contributed by atoms with Gasteiger partial charge >= 0.3 is 0 Å². The second-order valence-electron chi connectivity index (χ2n) is 10.5. The molecule has 38 heavy (non-hydrogen) atoms. The third kappa shape index (κ3) is 4.44. The molecule has 0 atom stereocenters. The topological polar surface area (TPSA) is 107 Å². The number of hydrogen-bond donors (Lipinski definition) is 1. The van der Waals surface area contributed by atoms with Crippen LogP contribution >= 0.6 is 22.9 Å². The van der Waals surface area contributed by atoms with E-state index in [1.165, 1.54) is 23.7 Å². The maximum absolute atomic E-state index is 13.3. The molecule has 2 fully saturated rings. The first kappa shape index (κ1) is 25.2. The number of thiazole rings is 1. The van der Waals surface area contributed by atoms with Gasteiger partial charge in [-0.15, -0.1) is 0 Å². The highest BCUT2D eigenvalue weighted by atomic mass is 35.5. The van der Waals surface area contributed by atoms with Crippen molar-refractivity contribution in [2.24, 2.45) is 11.3 Å². The lowest BCUT2D eigenvalue weighted by molar-refractivity contribution is -0.161. The van der Waals surface area contributed by atoms with Crippen LogP contribution < -0.4 is 10.1 Å². The molecule has 0 radical (unpaired) electrons. The van der Waals surface area contributed by atoms with Crippen LogP contribution in [0.15, 0.2) is 24.5 Å². The molecule has 11 heteroatoms. The Morgan fingerprint density at radius 2 is 1.89 bits per heavy atom. The van der Waals surface area contributed by atoms with Crippen molar-refractivity contribution in [1.29, 1.82) is 0 Å². The van der Waals surface area contributed by atoms with Crippen LogP contribution in [0.1, 0.15) is 52.3 Å². The Kier molecular flexibility index (Phi) is 6.36. The molecule has 1 N–H and O–H groups in total. The fraction of sp³-hybridized carbons (Fsp3) is 0.444.